The summed E-state index contributed by atoms with van der Waals surface area (Å²) in [6, 6.07) is 13.6. The highest BCUT2D eigenvalue weighted by molar-refractivity contribution is 6.32. The molecule has 1 amide bonds. The summed E-state index contributed by atoms with van der Waals surface area (Å²) in [4.78, 5) is 23.5. The molecule has 2 rings (SSSR count). The number of ether oxygens (including phenoxy) is 1. The Kier molecular flexibility index (Phi) is 5.69. The number of carboxylic acid groups (broad SMARTS) is 1. The number of rotatable bonds is 6. The SMILES string of the molecule is CC(Oc1ccccc1Cl)C(=O)Nc1ccc(C(C)(C)C(=O)O)cc1. The van der Waals surface area contributed by atoms with E-state index in [4.69, 9.17) is 16.3 Å². The summed E-state index contributed by atoms with van der Waals surface area (Å²) in [6.45, 7) is 4.88. The van der Waals surface area contributed by atoms with E-state index in [0.29, 0.717) is 22.0 Å². The molecule has 2 N–H and O–H groups in total. The van der Waals surface area contributed by atoms with Gasteiger partial charge < -0.3 is 15.2 Å². The van der Waals surface area contributed by atoms with Crippen LogP contribution in [-0.2, 0) is 15.0 Å². The lowest BCUT2D eigenvalue weighted by Gasteiger charge is -2.20. The van der Waals surface area contributed by atoms with Gasteiger partial charge in [-0.25, -0.2) is 0 Å². The largest absolute Gasteiger partial charge is 0.481 e. The van der Waals surface area contributed by atoms with E-state index in [2.05, 4.69) is 5.32 Å². The highest BCUT2D eigenvalue weighted by Crippen LogP contribution is 2.26. The van der Waals surface area contributed by atoms with Gasteiger partial charge in [0.05, 0.1) is 10.4 Å². The molecule has 1 unspecified atom stereocenters. The number of benzene rings is 2. The number of carbonyl (C=O) groups excluding carboxylic acids is 1. The van der Waals surface area contributed by atoms with Crippen molar-refractivity contribution < 1.29 is 19.4 Å². The fraction of sp³-hybridized carbons (Fsp3) is 0.263. The molecule has 0 saturated carbocycles. The molecule has 132 valence electrons. The van der Waals surface area contributed by atoms with Gasteiger partial charge in [-0.1, -0.05) is 35.9 Å². The molecular formula is C19H20ClNO4. The summed E-state index contributed by atoms with van der Waals surface area (Å²) in [5.41, 5.74) is 0.214. The molecule has 0 aliphatic heterocycles. The molecule has 1 atom stereocenters. The van der Waals surface area contributed by atoms with Crippen molar-refractivity contribution in [2.45, 2.75) is 32.3 Å². The van der Waals surface area contributed by atoms with Gasteiger partial charge in [-0.3, -0.25) is 9.59 Å². The molecular weight excluding hydrogens is 342 g/mol. The zero-order chi connectivity index (χ0) is 18.6. The minimum Gasteiger partial charge on any atom is -0.481 e. The van der Waals surface area contributed by atoms with Gasteiger partial charge in [0.2, 0.25) is 0 Å². The van der Waals surface area contributed by atoms with E-state index in [1.54, 1.807) is 69.3 Å². The molecule has 0 fully saturated rings. The van der Waals surface area contributed by atoms with E-state index >= 15 is 0 Å². The molecule has 6 heteroatoms. The molecule has 0 saturated heterocycles. The molecule has 0 bridgehead atoms. The fourth-order valence-electron chi connectivity index (χ4n) is 2.12. The van der Waals surface area contributed by atoms with Gasteiger partial charge in [0.25, 0.3) is 5.91 Å². The zero-order valence-electron chi connectivity index (χ0n) is 14.2. The lowest BCUT2D eigenvalue weighted by Crippen LogP contribution is -2.30. The molecule has 25 heavy (non-hydrogen) atoms. The van der Waals surface area contributed by atoms with Crippen molar-refractivity contribution in [3.8, 4) is 5.75 Å². The summed E-state index contributed by atoms with van der Waals surface area (Å²) in [6.07, 6.45) is -0.741. The van der Waals surface area contributed by atoms with Crippen LogP contribution >= 0.6 is 11.6 Å². The van der Waals surface area contributed by atoms with E-state index < -0.39 is 17.5 Å². The van der Waals surface area contributed by atoms with Gasteiger partial charge in [-0.15, -0.1) is 0 Å². The monoisotopic (exact) mass is 361 g/mol. The van der Waals surface area contributed by atoms with Crippen LogP contribution in [-0.4, -0.2) is 23.1 Å². The number of amides is 1. The van der Waals surface area contributed by atoms with Crippen LogP contribution in [0.15, 0.2) is 48.5 Å². The smallest absolute Gasteiger partial charge is 0.313 e. The number of hydrogen-bond acceptors (Lipinski definition) is 3. The molecule has 0 radical (unpaired) electrons. The first-order chi connectivity index (χ1) is 11.7. The van der Waals surface area contributed by atoms with Crippen LogP contribution in [0.3, 0.4) is 0 Å². The Morgan fingerprint density at radius 2 is 1.72 bits per heavy atom. The molecule has 0 aliphatic carbocycles. The number of halogens is 1. The molecule has 5 nitrogen and oxygen atoms in total. The van der Waals surface area contributed by atoms with Crippen LogP contribution < -0.4 is 10.1 Å². The molecule has 0 aliphatic rings. The van der Waals surface area contributed by atoms with E-state index in [1.165, 1.54) is 0 Å². The van der Waals surface area contributed by atoms with Gasteiger partial charge >= 0.3 is 5.97 Å². The van der Waals surface area contributed by atoms with Crippen molar-refractivity contribution >= 4 is 29.2 Å². The maximum Gasteiger partial charge on any atom is 0.313 e. The van der Waals surface area contributed by atoms with Crippen molar-refractivity contribution in [3.63, 3.8) is 0 Å². The van der Waals surface area contributed by atoms with Crippen molar-refractivity contribution in [3.05, 3.63) is 59.1 Å². The van der Waals surface area contributed by atoms with Crippen LogP contribution in [0.5, 0.6) is 5.75 Å². The molecule has 2 aromatic rings. The van der Waals surface area contributed by atoms with Gasteiger partial charge in [-0.05, 0) is 50.6 Å². The zero-order valence-corrected chi connectivity index (χ0v) is 15.0. The second-order valence-electron chi connectivity index (χ2n) is 6.19. The number of carboxylic acids is 1. The predicted molar refractivity (Wildman–Crippen MR) is 97.3 cm³/mol. The molecule has 0 aromatic heterocycles. The Morgan fingerprint density at radius 3 is 2.28 bits per heavy atom. The number of anilines is 1. The summed E-state index contributed by atoms with van der Waals surface area (Å²) in [7, 11) is 0. The lowest BCUT2D eigenvalue weighted by atomic mass is 9.85. The maximum atomic E-state index is 12.2. The topological polar surface area (TPSA) is 75.6 Å². The summed E-state index contributed by atoms with van der Waals surface area (Å²) in [5, 5.41) is 12.4. The average Bonchev–Trinajstić information content (AvgIpc) is 2.57. The highest BCUT2D eigenvalue weighted by Gasteiger charge is 2.29. The minimum atomic E-state index is -0.997. The number of para-hydroxylation sites is 1. The van der Waals surface area contributed by atoms with Gasteiger partial charge in [0.15, 0.2) is 6.10 Å². The first-order valence-electron chi connectivity index (χ1n) is 7.78. The third-order valence-corrected chi connectivity index (χ3v) is 4.23. The Hall–Kier alpha value is -2.53. The molecule has 0 heterocycles. The van der Waals surface area contributed by atoms with Crippen LogP contribution in [0.2, 0.25) is 5.02 Å². The average molecular weight is 362 g/mol. The summed E-state index contributed by atoms with van der Waals surface area (Å²) in [5.74, 6) is -0.804. The Balaban J connectivity index is 2.03. The Morgan fingerprint density at radius 1 is 1.12 bits per heavy atom. The summed E-state index contributed by atoms with van der Waals surface area (Å²) < 4.78 is 5.57. The fourth-order valence-corrected chi connectivity index (χ4v) is 2.30. The minimum absolute atomic E-state index is 0.329. The van der Waals surface area contributed by atoms with Crippen molar-refractivity contribution in [2.75, 3.05) is 5.32 Å². The molecule has 2 aromatic carbocycles. The number of carbonyl (C=O) groups is 2. The highest BCUT2D eigenvalue weighted by atomic mass is 35.5. The number of hydrogen-bond donors (Lipinski definition) is 2. The van der Waals surface area contributed by atoms with E-state index in [9.17, 15) is 14.7 Å². The van der Waals surface area contributed by atoms with Crippen molar-refractivity contribution in [1.82, 2.24) is 0 Å². The molecule has 0 spiro atoms. The quantitative estimate of drug-likeness (QED) is 0.811. The third kappa shape index (κ3) is 4.51. The first kappa shape index (κ1) is 18.8. The van der Waals surface area contributed by atoms with Crippen LogP contribution in [0.4, 0.5) is 5.69 Å². The van der Waals surface area contributed by atoms with Gasteiger partial charge in [0, 0.05) is 5.69 Å². The summed E-state index contributed by atoms with van der Waals surface area (Å²) >= 11 is 6.01. The first-order valence-corrected chi connectivity index (χ1v) is 8.15. The lowest BCUT2D eigenvalue weighted by molar-refractivity contribution is -0.142. The Bertz CT molecular complexity index is 771. The van der Waals surface area contributed by atoms with Crippen molar-refractivity contribution in [1.29, 1.82) is 0 Å². The van der Waals surface area contributed by atoms with Crippen molar-refractivity contribution in [2.24, 2.45) is 0 Å². The van der Waals surface area contributed by atoms with Crippen LogP contribution in [0.1, 0.15) is 26.3 Å². The number of nitrogens with one attached hydrogen (secondary N) is 1. The van der Waals surface area contributed by atoms with E-state index in [-0.39, 0.29) is 5.91 Å². The van der Waals surface area contributed by atoms with Crippen LogP contribution in [0, 0.1) is 0 Å². The van der Waals surface area contributed by atoms with Gasteiger partial charge in [0.1, 0.15) is 5.75 Å². The van der Waals surface area contributed by atoms with E-state index in [1.807, 2.05) is 0 Å². The van der Waals surface area contributed by atoms with Gasteiger partial charge in [-0.2, -0.15) is 0 Å². The maximum absolute atomic E-state index is 12.2. The predicted octanol–water partition coefficient (Wildman–Crippen LogP) is 4.11. The number of aliphatic carboxylic acids is 1. The third-order valence-electron chi connectivity index (χ3n) is 3.92. The van der Waals surface area contributed by atoms with E-state index in [0.717, 1.165) is 0 Å². The standard InChI is InChI=1S/C19H20ClNO4/c1-12(25-16-7-5-4-6-15(16)20)17(22)21-14-10-8-13(9-11-14)19(2,3)18(23)24/h4-12H,1-3H3,(H,21,22)(H,23,24). The second kappa shape index (κ2) is 7.57. The second-order valence-corrected chi connectivity index (χ2v) is 6.59. The normalized spacial score (nSPS) is 12.3. The Labute approximate surface area is 151 Å². The van der Waals surface area contributed by atoms with Crippen LogP contribution in [0.25, 0.3) is 0 Å².